The van der Waals surface area contributed by atoms with E-state index < -0.39 is 6.10 Å². The number of carbonyl (C=O) groups excluding carboxylic acids is 2. The van der Waals surface area contributed by atoms with Gasteiger partial charge >= 0.3 is 0 Å². The van der Waals surface area contributed by atoms with Crippen LogP contribution < -0.4 is 5.32 Å². The van der Waals surface area contributed by atoms with E-state index in [2.05, 4.69) is 5.32 Å². The maximum atomic E-state index is 11.9. The molecule has 0 bridgehead atoms. The van der Waals surface area contributed by atoms with Crippen LogP contribution >= 0.6 is 34.5 Å². The maximum Gasteiger partial charge on any atom is 0.220 e. The van der Waals surface area contributed by atoms with E-state index in [9.17, 15) is 14.7 Å². The molecule has 112 valence electrons. The Bertz CT molecular complexity index is 476. The van der Waals surface area contributed by atoms with Crippen LogP contribution in [0.15, 0.2) is 6.07 Å². The Morgan fingerprint density at radius 2 is 2.10 bits per heavy atom. The molecule has 7 heteroatoms. The van der Waals surface area contributed by atoms with Gasteiger partial charge in [0.2, 0.25) is 5.91 Å². The van der Waals surface area contributed by atoms with Gasteiger partial charge in [-0.1, -0.05) is 30.1 Å². The number of nitrogens with one attached hydrogen (secondary N) is 1. The number of carbonyl (C=O) groups is 2. The van der Waals surface area contributed by atoms with E-state index in [1.165, 1.54) is 6.07 Å². The highest BCUT2D eigenvalue weighted by Crippen LogP contribution is 2.32. The number of rotatable bonds is 8. The average molecular weight is 338 g/mol. The predicted octanol–water partition coefficient (Wildman–Crippen LogP) is 3.30. The lowest BCUT2D eigenvalue weighted by Crippen LogP contribution is -2.27. The van der Waals surface area contributed by atoms with Crippen LogP contribution in [0.1, 0.15) is 43.0 Å². The van der Waals surface area contributed by atoms with Gasteiger partial charge < -0.3 is 10.4 Å². The smallest absolute Gasteiger partial charge is 0.220 e. The van der Waals surface area contributed by atoms with E-state index in [4.69, 9.17) is 23.2 Å². The number of thiophene rings is 1. The van der Waals surface area contributed by atoms with Gasteiger partial charge in [-0.3, -0.25) is 9.59 Å². The van der Waals surface area contributed by atoms with Crippen molar-refractivity contribution in [1.82, 2.24) is 5.32 Å². The van der Waals surface area contributed by atoms with Crippen LogP contribution in [0.25, 0.3) is 0 Å². The monoisotopic (exact) mass is 337 g/mol. The molecule has 0 aromatic carbocycles. The van der Waals surface area contributed by atoms with E-state index >= 15 is 0 Å². The molecular weight excluding hydrogens is 321 g/mol. The quantitative estimate of drug-likeness (QED) is 0.715. The minimum Gasteiger partial charge on any atom is -0.393 e. The van der Waals surface area contributed by atoms with Crippen LogP contribution in [0.3, 0.4) is 0 Å². The first-order valence-corrected chi connectivity index (χ1v) is 7.94. The number of Topliss-reactive ketones (excluding diaryl/α,β-unsaturated/α-hetero) is 1. The molecule has 0 fully saturated rings. The molecule has 0 spiro atoms. The van der Waals surface area contributed by atoms with Crippen molar-refractivity contribution < 1.29 is 14.7 Å². The van der Waals surface area contributed by atoms with Crippen molar-refractivity contribution in [3.05, 3.63) is 20.3 Å². The molecule has 20 heavy (non-hydrogen) atoms. The molecule has 2 N–H and O–H groups in total. The second kappa shape index (κ2) is 8.62. The Kier molecular flexibility index (Phi) is 7.51. The van der Waals surface area contributed by atoms with Crippen LogP contribution in [-0.4, -0.2) is 29.4 Å². The highest BCUT2D eigenvalue weighted by molar-refractivity contribution is 7.20. The molecule has 1 aromatic rings. The summed E-state index contributed by atoms with van der Waals surface area (Å²) in [5.41, 5.74) is 0.371. The standard InChI is InChI=1S/C13H17Cl2NO3S/c1-2-8(17)5-6-16-12(19)4-3-10(18)9-7-11(14)20-13(9)15/h7-8,17H,2-6H2,1H3,(H,16,19). The van der Waals surface area contributed by atoms with Gasteiger partial charge in [-0.05, 0) is 18.9 Å². The molecule has 0 aliphatic carbocycles. The van der Waals surface area contributed by atoms with Gasteiger partial charge in [0, 0.05) is 24.9 Å². The summed E-state index contributed by atoms with van der Waals surface area (Å²) >= 11 is 12.8. The molecule has 0 aliphatic rings. The van der Waals surface area contributed by atoms with Gasteiger partial charge in [0.25, 0.3) is 0 Å². The van der Waals surface area contributed by atoms with Gasteiger partial charge in [-0.15, -0.1) is 11.3 Å². The molecule has 0 saturated carbocycles. The van der Waals surface area contributed by atoms with E-state index in [-0.39, 0.29) is 24.5 Å². The first kappa shape index (κ1) is 17.4. The Hall–Kier alpha value is -0.620. The lowest BCUT2D eigenvalue weighted by molar-refractivity contribution is -0.121. The van der Waals surface area contributed by atoms with Crippen molar-refractivity contribution in [2.75, 3.05) is 6.54 Å². The average Bonchev–Trinajstić information content (AvgIpc) is 2.74. The third-order valence-corrected chi connectivity index (χ3v) is 4.29. The molecule has 4 nitrogen and oxygen atoms in total. The fourth-order valence-corrected chi connectivity index (χ4v) is 3.06. The summed E-state index contributed by atoms with van der Waals surface area (Å²) in [7, 11) is 0. The molecular formula is C13H17Cl2NO3S. The SMILES string of the molecule is CCC(O)CCNC(=O)CCC(=O)c1cc(Cl)sc1Cl. The molecule has 1 rings (SSSR count). The number of aliphatic hydroxyl groups excluding tert-OH is 1. The number of amides is 1. The number of hydrogen-bond donors (Lipinski definition) is 2. The van der Waals surface area contributed by atoms with Crippen LogP contribution in [-0.2, 0) is 4.79 Å². The van der Waals surface area contributed by atoms with Crippen molar-refractivity contribution in [2.45, 2.75) is 38.7 Å². The largest absolute Gasteiger partial charge is 0.393 e. The first-order valence-electron chi connectivity index (χ1n) is 6.36. The first-order chi connectivity index (χ1) is 9.43. The highest BCUT2D eigenvalue weighted by atomic mass is 35.5. The molecule has 1 heterocycles. The lowest BCUT2D eigenvalue weighted by atomic mass is 10.1. The summed E-state index contributed by atoms with van der Waals surface area (Å²) in [6, 6.07) is 1.52. The predicted molar refractivity (Wildman–Crippen MR) is 81.8 cm³/mol. The molecule has 1 amide bonds. The van der Waals surface area contributed by atoms with Gasteiger partial charge in [0.05, 0.1) is 10.4 Å². The van der Waals surface area contributed by atoms with Gasteiger partial charge in [0.15, 0.2) is 5.78 Å². The third kappa shape index (κ3) is 5.79. The highest BCUT2D eigenvalue weighted by Gasteiger charge is 2.15. The Morgan fingerprint density at radius 1 is 1.40 bits per heavy atom. The van der Waals surface area contributed by atoms with Gasteiger partial charge in [0.1, 0.15) is 4.34 Å². The normalized spacial score (nSPS) is 12.2. The number of aliphatic hydroxyl groups is 1. The summed E-state index contributed by atoms with van der Waals surface area (Å²) in [6.45, 7) is 2.29. The van der Waals surface area contributed by atoms with Crippen LogP contribution in [0.2, 0.25) is 8.67 Å². The van der Waals surface area contributed by atoms with E-state index in [1.807, 2.05) is 6.92 Å². The van der Waals surface area contributed by atoms with E-state index in [1.54, 1.807) is 0 Å². The summed E-state index contributed by atoms with van der Waals surface area (Å²) in [4.78, 5) is 23.4. The summed E-state index contributed by atoms with van der Waals surface area (Å²) in [6.07, 6.45) is 0.969. The maximum absolute atomic E-state index is 11.9. The zero-order chi connectivity index (χ0) is 15.1. The topological polar surface area (TPSA) is 66.4 Å². The molecule has 0 saturated heterocycles. The fourth-order valence-electron chi connectivity index (χ4n) is 1.56. The lowest BCUT2D eigenvalue weighted by Gasteiger charge is -2.08. The zero-order valence-corrected chi connectivity index (χ0v) is 13.4. The number of halogens is 2. The van der Waals surface area contributed by atoms with Crippen molar-refractivity contribution >= 4 is 46.2 Å². The van der Waals surface area contributed by atoms with Crippen LogP contribution in [0, 0.1) is 0 Å². The van der Waals surface area contributed by atoms with Crippen molar-refractivity contribution in [2.24, 2.45) is 0 Å². The second-order valence-corrected chi connectivity index (χ2v) is 6.65. The second-order valence-electron chi connectivity index (χ2n) is 4.36. The summed E-state index contributed by atoms with van der Waals surface area (Å²) in [5, 5.41) is 12.0. The molecule has 1 atom stereocenters. The minimum atomic E-state index is -0.399. The van der Waals surface area contributed by atoms with E-state index in [0.717, 1.165) is 11.3 Å². The number of ketones is 1. The third-order valence-electron chi connectivity index (χ3n) is 2.81. The van der Waals surface area contributed by atoms with Crippen molar-refractivity contribution in [3.63, 3.8) is 0 Å². The van der Waals surface area contributed by atoms with Crippen molar-refractivity contribution in [1.29, 1.82) is 0 Å². The summed E-state index contributed by atoms with van der Waals surface area (Å²) in [5.74, 6) is -0.402. The Labute approximate surface area is 132 Å². The van der Waals surface area contributed by atoms with Crippen molar-refractivity contribution in [3.8, 4) is 0 Å². The van der Waals surface area contributed by atoms with Crippen LogP contribution in [0.4, 0.5) is 0 Å². The summed E-state index contributed by atoms with van der Waals surface area (Å²) < 4.78 is 0.808. The van der Waals surface area contributed by atoms with Gasteiger partial charge in [-0.2, -0.15) is 0 Å². The Morgan fingerprint density at radius 3 is 2.65 bits per heavy atom. The molecule has 0 aliphatic heterocycles. The Balaban J connectivity index is 2.30. The zero-order valence-electron chi connectivity index (χ0n) is 11.1. The molecule has 0 radical (unpaired) electrons. The van der Waals surface area contributed by atoms with Gasteiger partial charge in [-0.25, -0.2) is 0 Å². The number of hydrogen-bond acceptors (Lipinski definition) is 4. The van der Waals surface area contributed by atoms with Crippen LogP contribution in [0.5, 0.6) is 0 Å². The minimum absolute atomic E-state index is 0.0922. The molecule has 1 aromatic heterocycles. The van der Waals surface area contributed by atoms with E-state index in [0.29, 0.717) is 33.6 Å². The fraction of sp³-hybridized carbons (Fsp3) is 0.538. The molecule has 1 unspecified atom stereocenters.